The number of methoxy groups -OCH3 is 1. The van der Waals surface area contributed by atoms with Crippen molar-refractivity contribution < 1.29 is 19.1 Å². The quantitative estimate of drug-likeness (QED) is 0.595. The topological polar surface area (TPSA) is 76.7 Å². The van der Waals surface area contributed by atoms with Crippen molar-refractivity contribution in [3.63, 3.8) is 0 Å². The number of morpholine rings is 1. The molecule has 1 saturated heterocycles. The van der Waals surface area contributed by atoms with Gasteiger partial charge in [0.15, 0.2) is 5.76 Å². The summed E-state index contributed by atoms with van der Waals surface area (Å²) in [5, 5.41) is 6.02. The van der Waals surface area contributed by atoms with Gasteiger partial charge in [-0.3, -0.25) is 9.59 Å². The van der Waals surface area contributed by atoms with E-state index in [1.54, 1.807) is 13.2 Å². The Morgan fingerprint density at radius 1 is 1.37 bits per heavy atom. The molecule has 6 heteroatoms. The van der Waals surface area contributed by atoms with Gasteiger partial charge in [-0.25, -0.2) is 0 Å². The number of unbranched alkanes of at least 4 members (excludes halogenated alkanes) is 1. The molecule has 27 heavy (non-hydrogen) atoms. The lowest BCUT2D eigenvalue weighted by Gasteiger charge is -2.39. The molecule has 0 radical (unpaired) electrons. The van der Waals surface area contributed by atoms with Crippen LogP contribution >= 0.6 is 0 Å². The predicted octanol–water partition coefficient (Wildman–Crippen LogP) is 2.64. The number of carbonyl (C=O) groups is 2. The van der Waals surface area contributed by atoms with Crippen molar-refractivity contribution in [3.8, 4) is 5.75 Å². The number of amides is 2. The second-order valence-corrected chi connectivity index (χ2v) is 7.14. The molecule has 3 rings (SSSR count). The maximum Gasteiger partial charge on any atom is 0.286 e. The van der Waals surface area contributed by atoms with E-state index in [1.807, 2.05) is 24.3 Å². The average Bonchev–Trinajstić information content (AvgIpc) is 2.68. The highest BCUT2D eigenvalue weighted by Crippen LogP contribution is 2.32. The SMILES string of the molecule is CCCCNC(=O)C1CCC2O/C(=C\c3ccccc3OC)C(=O)NC2C1. The Bertz CT molecular complexity index is 716. The van der Waals surface area contributed by atoms with Crippen molar-refractivity contribution in [2.75, 3.05) is 13.7 Å². The highest BCUT2D eigenvalue weighted by atomic mass is 16.5. The Morgan fingerprint density at radius 2 is 2.19 bits per heavy atom. The van der Waals surface area contributed by atoms with E-state index in [0.717, 1.165) is 31.2 Å². The van der Waals surface area contributed by atoms with E-state index >= 15 is 0 Å². The molecule has 2 fully saturated rings. The number of ether oxygens (including phenoxy) is 2. The van der Waals surface area contributed by atoms with E-state index in [-0.39, 0.29) is 29.9 Å². The zero-order valence-electron chi connectivity index (χ0n) is 16.0. The summed E-state index contributed by atoms with van der Waals surface area (Å²) in [7, 11) is 1.60. The van der Waals surface area contributed by atoms with Gasteiger partial charge in [-0.1, -0.05) is 31.5 Å². The molecule has 1 heterocycles. The zero-order valence-corrected chi connectivity index (χ0v) is 16.0. The van der Waals surface area contributed by atoms with Crippen molar-refractivity contribution in [2.45, 2.75) is 51.2 Å². The van der Waals surface area contributed by atoms with Crippen LogP contribution in [0.3, 0.4) is 0 Å². The second-order valence-electron chi connectivity index (χ2n) is 7.14. The fourth-order valence-corrected chi connectivity index (χ4v) is 3.69. The average molecular weight is 372 g/mol. The van der Waals surface area contributed by atoms with Gasteiger partial charge in [-0.05, 0) is 37.8 Å². The summed E-state index contributed by atoms with van der Waals surface area (Å²) >= 11 is 0. The zero-order chi connectivity index (χ0) is 19.2. The number of fused-ring (bicyclic) bond motifs is 1. The molecule has 1 saturated carbocycles. The first-order chi connectivity index (χ1) is 13.1. The van der Waals surface area contributed by atoms with Crippen molar-refractivity contribution >= 4 is 17.9 Å². The summed E-state index contributed by atoms with van der Waals surface area (Å²) in [6.07, 6.45) is 5.81. The molecule has 1 aliphatic carbocycles. The van der Waals surface area contributed by atoms with Crippen LogP contribution in [0.2, 0.25) is 0 Å². The van der Waals surface area contributed by atoms with E-state index in [2.05, 4.69) is 17.6 Å². The minimum absolute atomic E-state index is 0.0632. The number of carbonyl (C=O) groups excluding carboxylic acids is 2. The molecule has 0 bridgehead atoms. The lowest BCUT2D eigenvalue weighted by Crippen LogP contribution is -2.54. The third-order valence-corrected chi connectivity index (χ3v) is 5.23. The molecule has 2 amide bonds. The van der Waals surface area contributed by atoms with Crippen molar-refractivity contribution in [1.29, 1.82) is 0 Å². The van der Waals surface area contributed by atoms with Gasteiger partial charge in [0.05, 0.1) is 13.2 Å². The Hall–Kier alpha value is -2.50. The van der Waals surface area contributed by atoms with E-state index < -0.39 is 0 Å². The van der Waals surface area contributed by atoms with Crippen molar-refractivity contribution in [1.82, 2.24) is 10.6 Å². The lowest BCUT2D eigenvalue weighted by atomic mass is 9.82. The maximum atomic E-state index is 12.5. The third-order valence-electron chi connectivity index (χ3n) is 5.23. The molecule has 2 aliphatic rings. The number of para-hydroxylation sites is 1. The summed E-state index contributed by atoms with van der Waals surface area (Å²) in [5.41, 5.74) is 0.799. The van der Waals surface area contributed by atoms with Gasteiger partial charge in [0.25, 0.3) is 5.91 Å². The normalized spacial score (nSPS) is 25.9. The monoisotopic (exact) mass is 372 g/mol. The first-order valence-corrected chi connectivity index (χ1v) is 9.72. The molecule has 146 valence electrons. The summed E-state index contributed by atoms with van der Waals surface area (Å²) in [6.45, 7) is 2.82. The molecule has 0 aromatic heterocycles. The molecular weight excluding hydrogens is 344 g/mol. The lowest BCUT2D eigenvalue weighted by molar-refractivity contribution is -0.134. The maximum absolute atomic E-state index is 12.5. The highest BCUT2D eigenvalue weighted by Gasteiger charge is 2.40. The molecule has 1 aromatic rings. The van der Waals surface area contributed by atoms with Crippen LogP contribution in [-0.2, 0) is 14.3 Å². The van der Waals surface area contributed by atoms with Gasteiger partial charge < -0.3 is 20.1 Å². The van der Waals surface area contributed by atoms with E-state index in [4.69, 9.17) is 9.47 Å². The predicted molar refractivity (Wildman–Crippen MR) is 103 cm³/mol. The fraction of sp³-hybridized carbons (Fsp3) is 0.524. The Kier molecular flexibility index (Phi) is 6.37. The molecule has 2 N–H and O–H groups in total. The van der Waals surface area contributed by atoms with E-state index in [9.17, 15) is 9.59 Å². The van der Waals surface area contributed by atoms with Gasteiger partial charge in [0.1, 0.15) is 11.9 Å². The fourth-order valence-electron chi connectivity index (χ4n) is 3.69. The summed E-state index contributed by atoms with van der Waals surface area (Å²) in [6, 6.07) is 7.37. The summed E-state index contributed by atoms with van der Waals surface area (Å²) in [5.74, 6) is 0.773. The van der Waals surface area contributed by atoms with Gasteiger partial charge in [0.2, 0.25) is 5.91 Å². The van der Waals surface area contributed by atoms with Crippen LogP contribution in [0.5, 0.6) is 5.75 Å². The van der Waals surface area contributed by atoms with Crippen LogP contribution in [-0.4, -0.2) is 37.6 Å². The molecular formula is C21H28N2O4. The van der Waals surface area contributed by atoms with Gasteiger partial charge in [-0.2, -0.15) is 0 Å². The Labute approximate surface area is 160 Å². The van der Waals surface area contributed by atoms with Crippen LogP contribution < -0.4 is 15.4 Å². The van der Waals surface area contributed by atoms with Crippen LogP contribution in [0.25, 0.3) is 6.08 Å². The highest BCUT2D eigenvalue weighted by molar-refractivity contribution is 5.97. The summed E-state index contributed by atoms with van der Waals surface area (Å²) < 4.78 is 11.3. The Morgan fingerprint density at radius 3 is 2.96 bits per heavy atom. The molecule has 1 aliphatic heterocycles. The van der Waals surface area contributed by atoms with Gasteiger partial charge >= 0.3 is 0 Å². The number of hydrogen-bond donors (Lipinski definition) is 2. The van der Waals surface area contributed by atoms with E-state index in [0.29, 0.717) is 24.5 Å². The van der Waals surface area contributed by atoms with Crippen molar-refractivity contribution in [3.05, 3.63) is 35.6 Å². The first kappa shape index (κ1) is 19.3. The standard InChI is InChI=1S/C21H28N2O4/c1-3-4-11-22-20(24)15-9-10-18-16(12-15)23-21(25)19(27-18)13-14-7-5-6-8-17(14)26-2/h5-8,13,15-16,18H,3-4,9-12H2,1-2H3,(H,22,24)(H,23,25)/b19-13-. The number of benzene rings is 1. The molecule has 1 aromatic carbocycles. The van der Waals surface area contributed by atoms with Crippen molar-refractivity contribution in [2.24, 2.45) is 5.92 Å². The number of nitrogens with one attached hydrogen (secondary N) is 2. The molecule has 3 atom stereocenters. The summed E-state index contributed by atoms with van der Waals surface area (Å²) in [4.78, 5) is 24.8. The smallest absolute Gasteiger partial charge is 0.286 e. The number of hydrogen-bond acceptors (Lipinski definition) is 4. The minimum atomic E-state index is -0.241. The van der Waals surface area contributed by atoms with Crippen LogP contribution in [0.15, 0.2) is 30.0 Å². The second kappa shape index (κ2) is 8.93. The molecule has 0 spiro atoms. The van der Waals surface area contributed by atoms with Crippen LogP contribution in [0, 0.1) is 5.92 Å². The number of rotatable bonds is 6. The minimum Gasteiger partial charge on any atom is -0.496 e. The largest absolute Gasteiger partial charge is 0.496 e. The molecule has 3 unspecified atom stereocenters. The third kappa shape index (κ3) is 4.62. The van der Waals surface area contributed by atoms with Crippen LogP contribution in [0.1, 0.15) is 44.6 Å². The first-order valence-electron chi connectivity index (χ1n) is 9.72. The molecule has 6 nitrogen and oxygen atoms in total. The van der Waals surface area contributed by atoms with Gasteiger partial charge in [-0.15, -0.1) is 0 Å². The Balaban J connectivity index is 1.64. The van der Waals surface area contributed by atoms with Crippen LogP contribution in [0.4, 0.5) is 0 Å². The van der Waals surface area contributed by atoms with E-state index in [1.165, 1.54) is 0 Å². The van der Waals surface area contributed by atoms with Gasteiger partial charge in [0, 0.05) is 18.0 Å².